The number of benzene rings is 2. The van der Waals surface area contributed by atoms with Crippen LogP contribution >= 0.6 is 11.3 Å². The zero-order chi connectivity index (χ0) is 19.4. The van der Waals surface area contributed by atoms with Gasteiger partial charge >= 0.3 is 12.1 Å². The van der Waals surface area contributed by atoms with Crippen LogP contribution in [-0.2, 0) is 14.3 Å². The Morgan fingerprint density at radius 3 is 2.48 bits per heavy atom. The van der Waals surface area contributed by atoms with Crippen molar-refractivity contribution in [1.82, 2.24) is 0 Å². The molecular weight excluding hydrogens is 368 g/mol. The van der Waals surface area contributed by atoms with Crippen molar-refractivity contribution in [2.45, 2.75) is 6.92 Å². The van der Waals surface area contributed by atoms with E-state index in [0.717, 1.165) is 4.70 Å². The van der Waals surface area contributed by atoms with Crippen LogP contribution in [-0.4, -0.2) is 25.3 Å². The molecule has 3 rings (SSSR count). The third-order valence-electron chi connectivity index (χ3n) is 3.64. The van der Waals surface area contributed by atoms with Crippen LogP contribution in [0.1, 0.15) is 6.92 Å². The maximum Gasteiger partial charge on any atom is 0.513 e. The molecule has 7 heteroatoms. The zero-order valence-electron chi connectivity index (χ0n) is 14.5. The van der Waals surface area contributed by atoms with E-state index in [1.54, 1.807) is 24.3 Å². The van der Waals surface area contributed by atoms with E-state index < -0.39 is 12.1 Å². The fourth-order valence-corrected chi connectivity index (χ4v) is 3.50. The largest absolute Gasteiger partial charge is 0.513 e. The number of esters is 1. The highest BCUT2D eigenvalue weighted by molar-refractivity contribution is 7.24. The van der Waals surface area contributed by atoms with Gasteiger partial charge in [0.1, 0.15) is 19.0 Å². The van der Waals surface area contributed by atoms with Gasteiger partial charge in [0.2, 0.25) is 0 Å². The van der Waals surface area contributed by atoms with Crippen molar-refractivity contribution < 1.29 is 23.8 Å². The molecule has 1 aromatic heterocycles. The molecule has 0 atom stereocenters. The van der Waals surface area contributed by atoms with Crippen LogP contribution in [0.2, 0.25) is 0 Å². The molecule has 27 heavy (non-hydrogen) atoms. The molecule has 0 fully saturated rings. The van der Waals surface area contributed by atoms with Crippen molar-refractivity contribution >= 4 is 43.6 Å². The summed E-state index contributed by atoms with van der Waals surface area (Å²) in [6, 6.07) is 12.3. The first-order chi connectivity index (χ1) is 13.0. The first-order valence-electron chi connectivity index (χ1n) is 8.09. The number of ether oxygens (including phenoxy) is 3. The Hall–Kier alpha value is -3.19. The smallest absolute Gasteiger partial charge is 0.459 e. The van der Waals surface area contributed by atoms with E-state index in [1.165, 1.54) is 24.3 Å². The van der Waals surface area contributed by atoms with E-state index >= 15 is 0 Å². The Kier molecular flexibility index (Phi) is 5.52. The van der Waals surface area contributed by atoms with Crippen LogP contribution in [0.3, 0.4) is 0 Å². The van der Waals surface area contributed by atoms with Gasteiger partial charge in [-0.25, -0.2) is 9.59 Å². The van der Waals surface area contributed by atoms with Gasteiger partial charge in [-0.1, -0.05) is 24.8 Å². The molecule has 0 bridgehead atoms. The molecular formula is C20H16O6S. The summed E-state index contributed by atoms with van der Waals surface area (Å²) in [5.74, 6) is -0.436. The number of hydrogen-bond donors (Lipinski definition) is 0. The standard InChI is InChI=1S/C20H16O6S/c1-12(2)19(22)24-10-11-25-20(23)26-14-7-5-9-16-17(14)18(21)13-6-3-4-8-15(13)27-16/h3-9H,1,10-11H2,2H3. The first kappa shape index (κ1) is 18.6. The summed E-state index contributed by atoms with van der Waals surface area (Å²) >= 11 is 1.44. The Bertz CT molecular complexity index is 1100. The third kappa shape index (κ3) is 4.15. The van der Waals surface area contributed by atoms with Crippen LogP contribution in [0.5, 0.6) is 5.75 Å². The van der Waals surface area contributed by atoms with E-state index in [4.69, 9.17) is 14.2 Å². The highest BCUT2D eigenvalue weighted by Gasteiger charge is 2.14. The van der Waals surface area contributed by atoms with Gasteiger partial charge < -0.3 is 14.2 Å². The van der Waals surface area contributed by atoms with E-state index in [-0.39, 0.29) is 30.0 Å². The molecule has 0 amide bonds. The summed E-state index contributed by atoms with van der Waals surface area (Å²) < 4.78 is 16.5. The van der Waals surface area contributed by atoms with Crippen molar-refractivity contribution in [2.75, 3.05) is 13.2 Å². The summed E-state index contributed by atoms with van der Waals surface area (Å²) in [7, 11) is 0. The van der Waals surface area contributed by atoms with Crippen molar-refractivity contribution in [3.05, 3.63) is 64.8 Å². The predicted octanol–water partition coefficient (Wildman–Crippen LogP) is 4.05. The Labute approximate surface area is 158 Å². The van der Waals surface area contributed by atoms with Crippen LogP contribution < -0.4 is 10.2 Å². The van der Waals surface area contributed by atoms with Crippen molar-refractivity contribution in [3.63, 3.8) is 0 Å². The number of hydrogen-bond acceptors (Lipinski definition) is 7. The molecule has 0 aliphatic carbocycles. The highest BCUT2D eigenvalue weighted by Crippen LogP contribution is 2.30. The van der Waals surface area contributed by atoms with Gasteiger partial charge in [0, 0.05) is 20.4 Å². The fourth-order valence-electron chi connectivity index (χ4n) is 2.40. The van der Waals surface area contributed by atoms with Gasteiger partial charge in [-0.3, -0.25) is 4.79 Å². The van der Waals surface area contributed by atoms with Crippen LogP contribution in [0.4, 0.5) is 4.79 Å². The number of carbonyl (C=O) groups is 2. The SMILES string of the molecule is C=C(C)C(=O)OCCOC(=O)Oc1cccc2sc3ccccc3c(=O)c12. The molecule has 0 radical (unpaired) electrons. The molecule has 0 unspecified atom stereocenters. The predicted molar refractivity (Wildman–Crippen MR) is 103 cm³/mol. The van der Waals surface area contributed by atoms with E-state index in [9.17, 15) is 14.4 Å². The average Bonchev–Trinajstić information content (AvgIpc) is 2.65. The zero-order valence-corrected chi connectivity index (χ0v) is 15.3. The fraction of sp³-hybridized carbons (Fsp3) is 0.150. The molecule has 0 aliphatic rings. The minimum absolute atomic E-state index is 0.115. The van der Waals surface area contributed by atoms with Gasteiger partial charge in [-0.05, 0) is 31.2 Å². The van der Waals surface area contributed by atoms with Gasteiger partial charge in [-0.15, -0.1) is 11.3 Å². The minimum Gasteiger partial charge on any atom is -0.459 e. The maximum atomic E-state index is 12.8. The average molecular weight is 384 g/mol. The number of rotatable bonds is 5. The molecule has 138 valence electrons. The molecule has 0 saturated heterocycles. The summed E-state index contributed by atoms with van der Waals surface area (Å²) in [5.41, 5.74) is 0.0444. The molecule has 0 aliphatic heterocycles. The topological polar surface area (TPSA) is 78.9 Å². The number of fused-ring (bicyclic) bond motifs is 2. The molecule has 0 spiro atoms. The quantitative estimate of drug-likeness (QED) is 0.217. The maximum absolute atomic E-state index is 12.8. The second kappa shape index (κ2) is 8.01. The second-order valence-corrected chi connectivity index (χ2v) is 6.76. The monoisotopic (exact) mass is 384 g/mol. The second-order valence-electron chi connectivity index (χ2n) is 5.67. The first-order valence-corrected chi connectivity index (χ1v) is 8.91. The molecule has 0 N–H and O–H groups in total. The van der Waals surface area contributed by atoms with Crippen LogP contribution in [0, 0.1) is 0 Å². The molecule has 3 aromatic rings. The number of carbonyl (C=O) groups excluding carboxylic acids is 2. The molecule has 0 saturated carbocycles. The van der Waals surface area contributed by atoms with Crippen LogP contribution in [0.15, 0.2) is 59.4 Å². The Balaban J connectivity index is 1.76. The molecule has 2 aromatic carbocycles. The summed E-state index contributed by atoms with van der Waals surface area (Å²) in [6.45, 7) is 4.68. The van der Waals surface area contributed by atoms with Gasteiger partial charge in [0.25, 0.3) is 0 Å². The summed E-state index contributed by atoms with van der Waals surface area (Å²) in [4.78, 5) is 35.9. The minimum atomic E-state index is -0.980. The molecule has 1 heterocycles. The van der Waals surface area contributed by atoms with Crippen molar-refractivity contribution in [2.24, 2.45) is 0 Å². The van der Waals surface area contributed by atoms with E-state index in [1.807, 2.05) is 12.1 Å². The lowest BCUT2D eigenvalue weighted by molar-refractivity contribution is -0.140. The van der Waals surface area contributed by atoms with E-state index in [0.29, 0.717) is 15.5 Å². The lowest BCUT2D eigenvalue weighted by atomic mass is 10.1. The summed E-state index contributed by atoms with van der Waals surface area (Å²) in [6.07, 6.45) is -0.980. The Morgan fingerprint density at radius 2 is 1.70 bits per heavy atom. The van der Waals surface area contributed by atoms with E-state index in [2.05, 4.69) is 6.58 Å². The van der Waals surface area contributed by atoms with Crippen molar-refractivity contribution in [1.29, 1.82) is 0 Å². The third-order valence-corrected chi connectivity index (χ3v) is 4.78. The Morgan fingerprint density at radius 1 is 1.00 bits per heavy atom. The normalized spacial score (nSPS) is 10.6. The highest BCUT2D eigenvalue weighted by atomic mass is 32.1. The lowest BCUT2D eigenvalue weighted by Gasteiger charge is -2.09. The summed E-state index contributed by atoms with van der Waals surface area (Å²) in [5, 5.41) is 0.887. The van der Waals surface area contributed by atoms with Gasteiger partial charge in [-0.2, -0.15) is 0 Å². The van der Waals surface area contributed by atoms with Crippen LogP contribution in [0.25, 0.3) is 20.2 Å². The van der Waals surface area contributed by atoms with Crippen molar-refractivity contribution in [3.8, 4) is 5.75 Å². The van der Waals surface area contributed by atoms with Gasteiger partial charge in [0.15, 0.2) is 5.43 Å². The molecule has 6 nitrogen and oxygen atoms in total. The van der Waals surface area contributed by atoms with Gasteiger partial charge in [0.05, 0.1) is 5.39 Å². The lowest BCUT2D eigenvalue weighted by Crippen LogP contribution is -2.17.